The van der Waals surface area contributed by atoms with Gasteiger partial charge in [-0.1, -0.05) is 55.4 Å². The Bertz CT molecular complexity index is 1790. The summed E-state index contributed by atoms with van der Waals surface area (Å²) in [5, 5.41) is 0. The maximum Gasteiger partial charge on any atom is 0.168 e. The summed E-state index contributed by atoms with van der Waals surface area (Å²) in [5.74, 6) is 0.843. The topological polar surface area (TPSA) is 66.6 Å². The Labute approximate surface area is 257 Å². The van der Waals surface area contributed by atoms with Crippen LogP contribution in [0, 0.1) is 6.92 Å². The lowest BCUT2D eigenvalue weighted by molar-refractivity contribution is 0.415. The number of hydrogen-bond donors (Lipinski definition) is 2. The third-order valence-electron chi connectivity index (χ3n) is 9.65. The van der Waals surface area contributed by atoms with Crippen molar-refractivity contribution in [3.63, 3.8) is 0 Å². The Morgan fingerprint density at radius 2 is 0.977 bits per heavy atom. The lowest BCUT2D eigenvalue weighted by Gasteiger charge is -2.09. The monoisotopic (exact) mass is 578 g/mol. The first kappa shape index (κ1) is 30.8. The molecule has 5 heteroatoms. The van der Waals surface area contributed by atoms with E-state index in [0.29, 0.717) is 0 Å². The van der Waals surface area contributed by atoms with Gasteiger partial charge in [-0.3, -0.25) is 0 Å². The van der Waals surface area contributed by atoms with Crippen molar-refractivity contribution in [2.24, 2.45) is 0 Å². The highest BCUT2D eigenvalue weighted by Crippen LogP contribution is 2.43. The van der Waals surface area contributed by atoms with Crippen LogP contribution in [0.2, 0.25) is 0 Å². The van der Waals surface area contributed by atoms with Crippen LogP contribution in [0.4, 0.5) is 0 Å². The van der Waals surface area contributed by atoms with Gasteiger partial charge in [0.1, 0.15) is 5.69 Å². The molecular formula is C38H50N4O. The summed E-state index contributed by atoms with van der Waals surface area (Å²) in [6.07, 6.45) is 7.50. The number of H-pyrrole nitrogens is 2. The van der Waals surface area contributed by atoms with Crippen LogP contribution in [0.15, 0.2) is 12.1 Å². The summed E-state index contributed by atoms with van der Waals surface area (Å²) in [6.45, 7) is 20.3. The largest absolute Gasteiger partial charge is 0.492 e. The van der Waals surface area contributed by atoms with Crippen LogP contribution in [0.25, 0.3) is 44.4 Å². The molecule has 2 N–H and O–H groups in total. The third kappa shape index (κ3) is 4.85. The molecule has 0 aromatic carbocycles. The van der Waals surface area contributed by atoms with Crippen LogP contribution in [0.3, 0.4) is 0 Å². The minimum Gasteiger partial charge on any atom is -0.492 e. The Morgan fingerprint density at radius 1 is 0.535 bits per heavy atom. The van der Waals surface area contributed by atoms with Gasteiger partial charge in [-0.25, -0.2) is 9.97 Å². The number of hydrogen-bond acceptors (Lipinski definition) is 3. The average molecular weight is 579 g/mol. The van der Waals surface area contributed by atoms with Gasteiger partial charge in [-0.05, 0) is 121 Å². The van der Waals surface area contributed by atoms with Crippen molar-refractivity contribution >= 4 is 44.4 Å². The molecule has 0 amide bonds. The zero-order valence-electron chi connectivity index (χ0n) is 28.1. The van der Waals surface area contributed by atoms with Gasteiger partial charge in [-0.2, -0.15) is 0 Å². The number of fused-ring (bicyclic) bond motifs is 8. The maximum atomic E-state index is 6.30. The van der Waals surface area contributed by atoms with E-state index in [9.17, 15) is 0 Å². The Kier molecular flexibility index (Phi) is 9.01. The van der Waals surface area contributed by atoms with E-state index in [1.807, 2.05) is 0 Å². The Morgan fingerprint density at radius 3 is 1.42 bits per heavy atom. The van der Waals surface area contributed by atoms with Gasteiger partial charge in [0, 0.05) is 16.6 Å². The molecule has 2 aliphatic rings. The lowest BCUT2D eigenvalue weighted by Crippen LogP contribution is -1.94. The molecule has 2 aliphatic heterocycles. The van der Waals surface area contributed by atoms with Crippen molar-refractivity contribution < 1.29 is 4.74 Å². The zero-order chi connectivity index (χ0) is 31.0. The van der Waals surface area contributed by atoms with Crippen molar-refractivity contribution in [1.29, 1.82) is 0 Å². The minimum absolute atomic E-state index is 0.843. The molecule has 0 spiro atoms. The normalized spacial score (nSPS) is 13.4. The van der Waals surface area contributed by atoms with Crippen molar-refractivity contribution in [3.05, 3.63) is 62.7 Å². The zero-order valence-corrected chi connectivity index (χ0v) is 28.1. The van der Waals surface area contributed by atoms with Gasteiger partial charge in [0.15, 0.2) is 5.75 Å². The molecule has 0 atom stereocenters. The van der Waals surface area contributed by atoms with Crippen LogP contribution >= 0.6 is 0 Å². The Hall–Kier alpha value is -3.60. The van der Waals surface area contributed by atoms with Crippen LogP contribution in [0.1, 0.15) is 132 Å². The molecule has 0 saturated carbocycles. The van der Waals surface area contributed by atoms with E-state index >= 15 is 0 Å². The second kappa shape index (κ2) is 12.6. The van der Waals surface area contributed by atoms with Gasteiger partial charge in [0.05, 0.1) is 29.7 Å². The van der Waals surface area contributed by atoms with E-state index in [4.69, 9.17) is 14.7 Å². The molecule has 8 bridgehead atoms. The summed E-state index contributed by atoms with van der Waals surface area (Å²) in [7, 11) is 1.79. The summed E-state index contributed by atoms with van der Waals surface area (Å²) >= 11 is 0. The van der Waals surface area contributed by atoms with Crippen molar-refractivity contribution in [3.8, 4) is 5.75 Å². The van der Waals surface area contributed by atoms with E-state index in [2.05, 4.69) is 84.4 Å². The highest BCUT2D eigenvalue weighted by atomic mass is 16.5. The molecule has 3 aromatic rings. The number of aromatic nitrogens is 4. The van der Waals surface area contributed by atoms with Gasteiger partial charge >= 0.3 is 0 Å². The fraction of sp³-hybridized carbons (Fsp3) is 0.474. The predicted octanol–water partition coefficient (Wildman–Crippen LogP) is 10.3. The molecule has 0 fully saturated rings. The van der Waals surface area contributed by atoms with E-state index in [1.165, 1.54) is 61.1 Å². The number of ether oxygens (including phenoxy) is 1. The van der Waals surface area contributed by atoms with Crippen molar-refractivity contribution in [1.82, 2.24) is 19.9 Å². The van der Waals surface area contributed by atoms with Gasteiger partial charge in [-0.15, -0.1) is 0 Å². The standard InChI is InChI=1S/C38H50N4O/c1-11-22-23(12-2)31-20-33-25(14-4)27(16-6)36(41-33)38(43-10)37-29(18-8)28(17-7)35(42-37)21(9)34-26(15-5)24(13-3)32(40-34)19-30(22)39-31/h19-20,40-41H,11-18H2,1-10H3. The molecule has 5 rings (SSSR count). The second-order valence-electron chi connectivity index (χ2n) is 11.6. The molecule has 0 unspecified atom stereocenters. The van der Waals surface area contributed by atoms with Crippen LogP contribution in [0.5, 0.6) is 5.75 Å². The summed E-state index contributed by atoms with van der Waals surface area (Å²) in [4.78, 5) is 18.5. The smallest absolute Gasteiger partial charge is 0.168 e. The van der Waals surface area contributed by atoms with Gasteiger partial charge < -0.3 is 14.7 Å². The first-order valence-corrected chi connectivity index (χ1v) is 16.6. The highest BCUT2D eigenvalue weighted by molar-refractivity contribution is 5.98. The average Bonchev–Trinajstić information content (AvgIpc) is 3.76. The predicted molar refractivity (Wildman–Crippen MR) is 185 cm³/mol. The lowest BCUT2D eigenvalue weighted by atomic mass is 9.96. The number of aromatic amines is 2. The molecule has 43 heavy (non-hydrogen) atoms. The van der Waals surface area contributed by atoms with Crippen LogP contribution in [-0.4, -0.2) is 27.0 Å². The summed E-state index contributed by atoms with van der Waals surface area (Å²) in [5.41, 5.74) is 20.7. The number of aryl methyl sites for hydroxylation is 5. The molecule has 5 nitrogen and oxygen atoms in total. The van der Waals surface area contributed by atoms with E-state index in [1.54, 1.807) is 7.11 Å². The summed E-state index contributed by atoms with van der Waals surface area (Å²) < 4.78 is 6.30. The summed E-state index contributed by atoms with van der Waals surface area (Å²) in [6, 6.07) is 4.60. The molecule has 228 valence electrons. The van der Waals surface area contributed by atoms with Gasteiger partial charge in [0.2, 0.25) is 0 Å². The SMILES string of the molecule is CCC1=C(CC)c2cc3[nH]c(c(CC)c3CC)c(OC)c3nc(c(C)c4[nH]c(cc1n2)c(CC)c4CC)C(CC)=C3CC. The number of methoxy groups -OCH3 is 1. The molecule has 5 heterocycles. The minimum atomic E-state index is 0.843. The van der Waals surface area contributed by atoms with Gasteiger partial charge in [0.25, 0.3) is 0 Å². The van der Waals surface area contributed by atoms with Crippen LogP contribution in [-0.2, 0) is 25.7 Å². The quantitative estimate of drug-likeness (QED) is 0.265. The Balaban J connectivity index is 2.13. The fourth-order valence-electron chi connectivity index (χ4n) is 7.65. The first-order valence-electron chi connectivity index (χ1n) is 16.6. The molecule has 0 radical (unpaired) electrons. The molecule has 0 saturated heterocycles. The maximum absolute atomic E-state index is 6.30. The van der Waals surface area contributed by atoms with Crippen LogP contribution < -0.4 is 4.74 Å². The second-order valence-corrected chi connectivity index (χ2v) is 11.6. The number of allylic oxidation sites excluding steroid dienone is 4. The van der Waals surface area contributed by atoms with E-state index < -0.39 is 0 Å². The number of nitrogens with zero attached hydrogens (tertiary/aromatic N) is 2. The highest BCUT2D eigenvalue weighted by Gasteiger charge is 2.26. The molecule has 0 aliphatic carbocycles. The van der Waals surface area contributed by atoms with Crippen molar-refractivity contribution in [2.45, 2.75) is 114 Å². The fourth-order valence-corrected chi connectivity index (χ4v) is 7.65. The number of nitrogens with one attached hydrogen (secondary N) is 2. The molecular weight excluding hydrogens is 528 g/mol. The van der Waals surface area contributed by atoms with E-state index in [0.717, 1.165) is 90.9 Å². The van der Waals surface area contributed by atoms with Crippen molar-refractivity contribution in [2.75, 3.05) is 7.11 Å². The third-order valence-corrected chi connectivity index (χ3v) is 9.65. The number of rotatable bonds is 9. The first-order chi connectivity index (χ1) is 20.8. The van der Waals surface area contributed by atoms with E-state index in [-0.39, 0.29) is 0 Å². The molecule has 3 aromatic heterocycles.